The maximum absolute atomic E-state index is 12.5. The molecule has 1 saturated carbocycles. The number of rotatable bonds is 4. The predicted octanol–water partition coefficient (Wildman–Crippen LogP) is -0.211. The highest BCUT2D eigenvalue weighted by atomic mass is 32.2. The van der Waals surface area contributed by atoms with Crippen LogP contribution in [0.3, 0.4) is 0 Å². The van der Waals surface area contributed by atoms with Gasteiger partial charge in [-0.3, -0.25) is 9.48 Å². The minimum absolute atomic E-state index is 0.0380. The Bertz CT molecular complexity index is 620. The van der Waals surface area contributed by atoms with E-state index in [1.165, 1.54) is 21.4 Å². The number of aryl methyl sites for hydroxylation is 1. The largest absolute Gasteiger partial charge is 0.368 e. The quantitative estimate of drug-likeness (QED) is 0.768. The average Bonchev–Trinajstić information content (AvgIpc) is 3.19. The minimum Gasteiger partial charge on any atom is -0.368 e. The van der Waals surface area contributed by atoms with Crippen molar-refractivity contribution >= 4 is 15.8 Å². The molecule has 2 aliphatic rings. The van der Waals surface area contributed by atoms with Crippen LogP contribution in [0.5, 0.6) is 0 Å². The molecule has 1 atom stereocenters. The number of sulfonamides is 1. The number of carbonyl (C=O) groups is 1. The van der Waals surface area contributed by atoms with Gasteiger partial charge >= 0.3 is 0 Å². The SMILES string of the molecule is Cn1cc(S(=O)(=O)N2CCOC(C(=O)C3CC3)C2)cn1. The number of hydrogen-bond donors (Lipinski definition) is 0. The molecular formula is C12H17N3O4S. The third-order valence-electron chi connectivity index (χ3n) is 3.65. The molecule has 1 aliphatic carbocycles. The zero-order valence-electron chi connectivity index (χ0n) is 11.2. The van der Waals surface area contributed by atoms with Crippen LogP contribution in [0.25, 0.3) is 0 Å². The van der Waals surface area contributed by atoms with Crippen molar-refractivity contribution in [3.8, 4) is 0 Å². The lowest BCUT2D eigenvalue weighted by atomic mass is 10.1. The van der Waals surface area contributed by atoms with Crippen molar-refractivity contribution in [2.45, 2.75) is 23.8 Å². The molecule has 0 radical (unpaired) electrons. The van der Waals surface area contributed by atoms with Crippen LogP contribution in [0.2, 0.25) is 0 Å². The van der Waals surface area contributed by atoms with Crippen molar-refractivity contribution < 1.29 is 17.9 Å². The van der Waals surface area contributed by atoms with Gasteiger partial charge in [0.15, 0.2) is 5.78 Å². The second-order valence-corrected chi connectivity index (χ2v) is 7.19. The molecule has 0 N–H and O–H groups in total. The van der Waals surface area contributed by atoms with Gasteiger partial charge < -0.3 is 4.74 Å². The molecule has 0 spiro atoms. The number of hydrogen-bond acceptors (Lipinski definition) is 5. The summed E-state index contributed by atoms with van der Waals surface area (Å²) in [5, 5.41) is 3.88. The van der Waals surface area contributed by atoms with Crippen LogP contribution in [0.1, 0.15) is 12.8 Å². The fraction of sp³-hybridized carbons (Fsp3) is 0.667. The number of Topliss-reactive ketones (excluding diaryl/α,β-unsaturated/α-hetero) is 1. The molecule has 1 saturated heterocycles. The van der Waals surface area contributed by atoms with Gasteiger partial charge in [-0.2, -0.15) is 9.40 Å². The van der Waals surface area contributed by atoms with E-state index in [2.05, 4.69) is 5.10 Å². The Hall–Kier alpha value is -1.25. The van der Waals surface area contributed by atoms with E-state index in [-0.39, 0.29) is 36.3 Å². The highest BCUT2D eigenvalue weighted by molar-refractivity contribution is 7.89. The fourth-order valence-corrected chi connectivity index (χ4v) is 3.74. The number of ether oxygens (including phenoxy) is 1. The van der Waals surface area contributed by atoms with Crippen LogP contribution < -0.4 is 0 Å². The fourth-order valence-electron chi connectivity index (χ4n) is 2.33. The Morgan fingerprint density at radius 3 is 2.80 bits per heavy atom. The topological polar surface area (TPSA) is 81.5 Å². The zero-order chi connectivity index (χ0) is 14.3. The second-order valence-electron chi connectivity index (χ2n) is 5.25. The normalized spacial score (nSPS) is 24.8. The molecule has 8 heteroatoms. The smallest absolute Gasteiger partial charge is 0.246 e. The van der Waals surface area contributed by atoms with Crippen molar-refractivity contribution in [3.05, 3.63) is 12.4 Å². The van der Waals surface area contributed by atoms with Crippen LogP contribution in [-0.4, -0.2) is 54.1 Å². The van der Waals surface area contributed by atoms with Crippen LogP contribution >= 0.6 is 0 Å². The van der Waals surface area contributed by atoms with Gasteiger partial charge in [0.25, 0.3) is 0 Å². The Morgan fingerprint density at radius 1 is 1.45 bits per heavy atom. The van der Waals surface area contributed by atoms with E-state index in [1.807, 2.05) is 0 Å². The van der Waals surface area contributed by atoms with Crippen LogP contribution in [0.4, 0.5) is 0 Å². The van der Waals surface area contributed by atoms with E-state index in [0.29, 0.717) is 0 Å². The molecule has 0 aromatic carbocycles. The van der Waals surface area contributed by atoms with Gasteiger partial charge in [-0.15, -0.1) is 0 Å². The van der Waals surface area contributed by atoms with E-state index < -0.39 is 16.1 Å². The average molecular weight is 299 g/mol. The second kappa shape index (κ2) is 4.94. The molecule has 3 rings (SSSR count). The molecule has 110 valence electrons. The Kier molecular flexibility index (Phi) is 3.39. The van der Waals surface area contributed by atoms with Crippen LogP contribution in [0, 0.1) is 5.92 Å². The number of nitrogens with zero attached hydrogens (tertiary/aromatic N) is 3. The van der Waals surface area contributed by atoms with Gasteiger partial charge in [-0.25, -0.2) is 8.42 Å². The zero-order valence-corrected chi connectivity index (χ0v) is 12.0. The van der Waals surface area contributed by atoms with Crippen molar-refractivity contribution in [3.63, 3.8) is 0 Å². The summed E-state index contributed by atoms with van der Waals surface area (Å²) >= 11 is 0. The van der Waals surface area contributed by atoms with Gasteiger partial charge in [-0.1, -0.05) is 0 Å². The van der Waals surface area contributed by atoms with E-state index in [0.717, 1.165) is 12.8 Å². The summed E-state index contributed by atoms with van der Waals surface area (Å²) in [6.07, 6.45) is 3.95. The number of morpholine rings is 1. The van der Waals surface area contributed by atoms with Gasteiger partial charge in [0.2, 0.25) is 10.0 Å². The minimum atomic E-state index is -3.60. The molecule has 1 aromatic heterocycles. The number of carbonyl (C=O) groups excluding carboxylic acids is 1. The molecule has 2 fully saturated rings. The lowest BCUT2D eigenvalue weighted by Gasteiger charge is -2.31. The van der Waals surface area contributed by atoms with E-state index in [9.17, 15) is 13.2 Å². The Morgan fingerprint density at radius 2 is 2.20 bits per heavy atom. The Labute approximate surface area is 117 Å². The molecule has 1 aliphatic heterocycles. The summed E-state index contributed by atoms with van der Waals surface area (Å²) < 4.78 is 33.1. The molecule has 20 heavy (non-hydrogen) atoms. The summed E-state index contributed by atoms with van der Waals surface area (Å²) in [6, 6.07) is 0. The summed E-state index contributed by atoms with van der Waals surface area (Å²) in [5.41, 5.74) is 0. The maximum Gasteiger partial charge on any atom is 0.246 e. The third kappa shape index (κ3) is 2.50. The molecule has 0 bridgehead atoms. The first kappa shape index (κ1) is 13.7. The number of ketones is 1. The Balaban J connectivity index is 1.77. The van der Waals surface area contributed by atoms with Gasteiger partial charge in [0.05, 0.1) is 12.8 Å². The summed E-state index contributed by atoms with van der Waals surface area (Å²) in [5.74, 6) is 0.108. The van der Waals surface area contributed by atoms with Gasteiger partial charge in [-0.05, 0) is 12.8 Å². The maximum atomic E-state index is 12.5. The molecule has 0 amide bonds. The number of aromatic nitrogens is 2. The lowest BCUT2D eigenvalue weighted by molar-refractivity contribution is -0.135. The van der Waals surface area contributed by atoms with E-state index in [1.54, 1.807) is 7.05 Å². The monoisotopic (exact) mass is 299 g/mol. The highest BCUT2D eigenvalue weighted by Gasteiger charge is 2.40. The first-order valence-corrected chi connectivity index (χ1v) is 8.06. The van der Waals surface area contributed by atoms with Crippen molar-refractivity contribution in [1.82, 2.24) is 14.1 Å². The highest BCUT2D eigenvalue weighted by Crippen LogP contribution is 2.32. The summed E-state index contributed by atoms with van der Waals surface area (Å²) in [7, 11) is -1.93. The van der Waals surface area contributed by atoms with E-state index in [4.69, 9.17) is 4.74 Å². The molecule has 7 nitrogen and oxygen atoms in total. The van der Waals surface area contributed by atoms with Crippen LogP contribution in [-0.2, 0) is 26.6 Å². The third-order valence-corrected chi connectivity index (χ3v) is 5.46. The lowest BCUT2D eigenvalue weighted by Crippen LogP contribution is -2.48. The molecule has 2 heterocycles. The van der Waals surface area contributed by atoms with Crippen LogP contribution in [0.15, 0.2) is 17.3 Å². The van der Waals surface area contributed by atoms with Crippen molar-refractivity contribution in [2.75, 3.05) is 19.7 Å². The van der Waals surface area contributed by atoms with Gasteiger partial charge in [0, 0.05) is 32.3 Å². The molecule has 1 unspecified atom stereocenters. The van der Waals surface area contributed by atoms with Gasteiger partial charge in [0.1, 0.15) is 11.0 Å². The van der Waals surface area contributed by atoms with E-state index >= 15 is 0 Å². The summed E-state index contributed by atoms with van der Waals surface area (Å²) in [4.78, 5) is 12.2. The standard InChI is InChI=1S/C12H17N3O4S/c1-14-7-10(6-13-14)20(17,18)15-4-5-19-11(8-15)12(16)9-2-3-9/h6-7,9,11H,2-5,8H2,1H3. The predicted molar refractivity (Wildman–Crippen MR) is 69.4 cm³/mol. The first-order chi connectivity index (χ1) is 9.48. The molecular weight excluding hydrogens is 282 g/mol. The summed E-state index contributed by atoms with van der Waals surface area (Å²) in [6.45, 7) is 0.626. The molecule has 1 aromatic rings. The van der Waals surface area contributed by atoms with Crippen molar-refractivity contribution in [2.24, 2.45) is 13.0 Å². The van der Waals surface area contributed by atoms with Crippen molar-refractivity contribution in [1.29, 1.82) is 0 Å². The first-order valence-electron chi connectivity index (χ1n) is 6.62.